The summed E-state index contributed by atoms with van der Waals surface area (Å²) >= 11 is 5.74. The van der Waals surface area contributed by atoms with Crippen molar-refractivity contribution in [3.8, 4) is 0 Å². The Labute approximate surface area is 151 Å². The molecule has 3 rings (SSSR count). The zero-order chi connectivity index (χ0) is 18.8. The van der Waals surface area contributed by atoms with E-state index in [0.717, 1.165) is 12.1 Å². The number of carbonyl (C=O) groups is 1. The minimum absolute atomic E-state index is 0.00157. The van der Waals surface area contributed by atoms with Gasteiger partial charge in [0.2, 0.25) is 0 Å². The SMILES string of the molecule is O=C(O)C=Cc1nn(Cc2ccc(Cl)cc2F)c2cc([N+](=O)[O-])ccc12. The molecule has 132 valence electrons. The van der Waals surface area contributed by atoms with Crippen molar-refractivity contribution < 1.29 is 19.2 Å². The lowest BCUT2D eigenvalue weighted by atomic mass is 10.1. The summed E-state index contributed by atoms with van der Waals surface area (Å²) in [6.07, 6.45) is 2.20. The summed E-state index contributed by atoms with van der Waals surface area (Å²) in [6, 6.07) is 8.28. The van der Waals surface area contributed by atoms with Gasteiger partial charge in [0.1, 0.15) is 5.82 Å². The van der Waals surface area contributed by atoms with Gasteiger partial charge in [-0.05, 0) is 24.3 Å². The van der Waals surface area contributed by atoms with Gasteiger partial charge in [-0.1, -0.05) is 17.7 Å². The first kappa shape index (κ1) is 17.6. The van der Waals surface area contributed by atoms with Crippen molar-refractivity contribution in [2.24, 2.45) is 0 Å². The van der Waals surface area contributed by atoms with Crippen LogP contribution in [-0.4, -0.2) is 25.8 Å². The molecular formula is C17H11ClFN3O4. The molecule has 0 aliphatic rings. The van der Waals surface area contributed by atoms with Gasteiger partial charge in [0.25, 0.3) is 5.69 Å². The number of nitro groups is 1. The smallest absolute Gasteiger partial charge is 0.328 e. The number of aromatic nitrogens is 2. The van der Waals surface area contributed by atoms with E-state index < -0.39 is 16.7 Å². The molecule has 26 heavy (non-hydrogen) atoms. The third kappa shape index (κ3) is 3.55. The van der Waals surface area contributed by atoms with Gasteiger partial charge in [0.15, 0.2) is 0 Å². The molecule has 0 radical (unpaired) electrons. The van der Waals surface area contributed by atoms with Gasteiger partial charge in [0, 0.05) is 34.2 Å². The first-order valence-electron chi connectivity index (χ1n) is 7.35. The van der Waals surface area contributed by atoms with Crippen LogP contribution >= 0.6 is 11.6 Å². The van der Waals surface area contributed by atoms with E-state index >= 15 is 0 Å². The minimum atomic E-state index is -1.15. The lowest BCUT2D eigenvalue weighted by Gasteiger charge is -2.05. The Balaban J connectivity index is 2.14. The van der Waals surface area contributed by atoms with Gasteiger partial charge < -0.3 is 5.11 Å². The van der Waals surface area contributed by atoms with Crippen LogP contribution in [0.1, 0.15) is 11.3 Å². The standard InChI is InChI=1S/C17H11ClFN3O4/c18-11-2-1-10(14(19)7-11)9-21-16-8-12(22(25)26)3-4-13(16)15(20-21)5-6-17(23)24/h1-8H,9H2,(H,23,24). The summed E-state index contributed by atoms with van der Waals surface area (Å²) in [7, 11) is 0. The largest absolute Gasteiger partial charge is 0.478 e. The third-order valence-electron chi connectivity index (χ3n) is 3.69. The molecule has 0 unspecified atom stereocenters. The molecule has 0 atom stereocenters. The lowest BCUT2D eigenvalue weighted by molar-refractivity contribution is -0.384. The predicted molar refractivity (Wildman–Crippen MR) is 93.6 cm³/mol. The highest BCUT2D eigenvalue weighted by molar-refractivity contribution is 6.30. The molecule has 0 saturated carbocycles. The van der Waals surface area contributed by atoms with Crippen LogP contribution in [0.3, 0.4) is 0 Å². The fraction of sp³-hybridized carbons (Fsp3) is 0.0588. The van der Waals surface area contributed by atoms with Crippen molar-refractivity contribution >= 4 is 40.2 Å². The molecule has 7 nitrogen and oxygen atoms in total. The lowest BCUT2D eigenvalue weighted by Crippen LogP contribution is -2.04. The molecule has 1 heterocycles. The normalized spacial score (nSPS) is 11.3. The highest BCUT2D eigenvalue weighted by atomic mass is 35.5. The number of aliphatic carboxylic acids is 1. The van der Waals surface area contributed by atoms with E-state index in [0.29, 0.717) is 22.2 Å². The second-order valence-electron chi connectivity index (χ2n) is 5.41. The Morgan fingerprint density at radius 1 is 1.35 bits per heavy atom. The van der Waals surface area contributed by atoms with Gasteiger partial charge in [0.05, 0.1) is 22.7 Å². The summed E-state index contributed by atoms with van der Waals surface area (Å²) in [5, 5.41) is 24.9. The summed E-state index contributed by atoms with van der Waals surface area (Å²) in [5.41, 5.74) is 0.841. The first-order chi connectivity index (χ1) is 12.3. The number of carboxylic acids is 1. The van der Waals surface area contributed by atoms with Crippen LogP contribution in [0.5, 0.6) is 0 Å². The van der Waals surface area contributed by atoms with E-state index in [1.54, 1.807) is 0 Å². The predicted octanol–water partition coefficient (Wildman–Crippen LogP) is 3.88. The molecule has 0 aliphatic heterocycles. The number of nitrogens with zero attached hydrogens (tertiary/aromatic N) is 3. The van der Waals surface area contributed by atoms with Crippen molar-refractivity contribution in [2.75, 3.05) is 0 Å². The highest BCUT2D eigenvalue weighted by Crippen LogP contribution is 2.26. The average Bonchev–Trinajstić information content (AvgIpc) is 2.92. The van der Waals surface area contributed by atoms with E-state index in [-0.39, 0.29) is 17.3 Å². The van der Waals surface area contributed by atoms with Gasteiger partial charge in [-0.15, -0.1) is 0 Å². The Morgan fingerprint density at radius 2 is 2.12 bits per heavy atom. The molecule has 0 fully saturated rings. The maximum absolute atomic E-state index is 14.1. The van der Waals surface area contributed by atoms with Crippen molar-refractivity contribution in [3.05, 3.63) is 74.7 Å². The summed E-state index contributed by atoms with van der Waals surface area (Å²) in [6.45, 7) is 0.00157. The summed E-state index contributed by atoms with van der Waals surface area (Å²) in [5.74, 6) is -1.69. The fourth-order valence-corrected chi connectivity index (χ4v) is 2.67. The Bertz CT molecular complexity index is 1060. The molecule has 0 spiro atoms. The topological polar surface area (TPSA) is 98.3 Å². The Morgan fingerprint density at radius 3 is 2.77 bits per heavy atom. The van der Waals surface area contributed by atoms with Gasteiger partial charge in [-0.2, -0.15) is 5.10 Å². The number of fused-ring (bicyclic) bond motifs is 1. The van der Waals surface area contributed by atoms with Crippen LogP contribution in [0, 0.1) is 15.9 Å². The number of non-ortho nitro benzene ring substituents is 1. The van der Waals surface area contributed by atoms with E-state index in [9.17, 15) is 19.3 Å². The molecule has 9 heteroatoms. The maximum Gasteiger partial charge on any atom is 0.328 e. The van der Waals surface area contributed by atoms with Crippen molar-refractivity contribution in [3.63, 3.8) is 0 Å². The molecule has 1 aromatic heterocycles. The van der Waals surface area contributed by atoms with Crippen molar-refractivity contribution in [1.29, 1.82) is 0 Å². The number of benzene rings is 2. The first-order valence-corrected chi connectivity index (χ1v) is 7.73. The molecule has 0 amide bonds. The number of hydrogen-bond acceptors (Lipinski definition) is 4. The number of hydrogen-bond donors (Lipinski definition) is 1. The highest BCUT2D eigenvalue weighted by Gasteiger charge is 2.15. The van der Waals surface area contributed by atoms with E-state index in [1.165, 1.54) is 41.1 Å². The van der Waals surface area contributed by atoms with Crippen LogP contribution in [0.25, 0.3) is 17.0 Å². The number of rotatable bonds is 5. The van der Waals surface area contributed by atoms with E-state index in [2.05, 4.69) is 5.10 Å². The van der Waals surface area contributed by atoms with Crippen LogP contribution < -0.4 is 0 Å². The molecule has 0 bridgehead atoms. The number of carboxylic acid groups (broad SMARTS) is 1. The Hall–Kier alpha value is -3.26. The zero-order valence-electron chi connectivity index (χ0n) is 13.1. The molecule has 0 saturated heterocycles. The molecule has 3 aromatic rings. The molecular weight excluding hydrogens is 365 g/mol. The monoisotopic (exact) mass is 375 g/mol. The quantitative estimate of drug-likeness (QED) is 0.414. The average molecular weight is 376 g/mol. The Kier molecular flexibility index (Phi) is 4.68. The van der Waals surface area contributed by atoms with Gasteiger partial charge >= 0.3 is 5.97 Å². The van der Waals surface area contributed by atoms with Crippen LogP contribution in [0.15, 0.2) is 42.5 Å². The van der Waals surface area contributed by atoms with Crippen LogP contribution in [0.4, 0.5) is 10.1 Å². The minimum Gasteiger partial charge on any atom is -0.478 e. The zero-order valence-corrected chi connectivity index (χ0v) is 13.9. The number of nitro benzene ring substituents is 1. The second-order valence-corrected chi connectivity index (χ2v) is 5.85. The summed E-state index contributed by atoms with van der Waals surface area (Å²) < 4.78 is 15.5. The van der Waals surface area contributed by atoms with Gasteiger partial charge in [-0.3, -0.25) is 14.8 Å². The van der Waals surface area contributed by atoms with Crippen molar-refractivity contribution in [2.45, 2.75) is 6.54 Å². The molecule has 1 N–H and O–H groups in total. The van der Waals surface area contributed by atoms with Crippen molar-refractivity contribution in [1.82, 2.24) is 9.78 Å². The maximum atomic E-state index is 14.1. The van der Waals surface area contributed by atoms with Crippen LogP contribution in [0.2, 0.25) is 5.02 Å². The van der Waals surface area contributed by atoms with Crippen LogP contribution in [-0.2, 0) is 11.3 Å². The van der Waals surface area contributed by atoms with E-state index in [1.807, 2.05) is 0 Å². The molecule has 0 aliphatic carbocycles. The third-order valence-corrected chi connectivity index (χ3v) is 3.93. The van der Waals surface area contributed by atoms with Gasteiger partial charge in [-0.25, -0.2) is 9.18 Å². The number of halogens is 2. The molecule has 2 aromatic carbocycles. The second kappa shape index (κ2) is 6.93. The summed E-state index contributed by atoms with van der Waals surface area (Å²) in [4.78, 5) is 21.2. The van der Waals surface area contributed by atoms with E-state index in [4.69, 9.17) is 16.7 Å². The fourth-order valence-electron chi connectivity index (χ4n) is 2.51.